The fraction of sp³-hybridized carbons (Fsp3) is 0.355. The predicted octanol–water partition coefficient (Wildman–Crippen LogP) is 5.06. The highest BCUT2D eigenvalue weighted by Crippen LogP contribution is 2.28. The highest BCUT2D eigenvalue weighted by Gasteiger charge is 2.33. The molecule has 0 heterocycles. The molecule has 1 atom stereocenters. The van der Waals surface area contributed by atoms with Crippen molar-refractivity contribution in [2.45, 2.75) is 56.0 Å². The van der Waals surface area contributed by atoms with Crippen molar-refractivity contribution in [2.75, 3.05) is 24.5 Å². The largest absolute Gasteiger partial charge is 0.497 e. The van der Waals surface area contributed by atoms with Gasteiger partial charge in [0.25, 0.3) is 10.0 Å². The third kappa shape index (κ3) is 7.80. The first-order valence-corrected chi connectivity index (χ1v) is 15.6. The van der Waals surface area contributed by atoms with E-state index < -0.39 is 28.5 Å². The Kier molecular flexibility index (Phi) is 10.3. The minimum atomic E-state index is -4.19. The Morgan fingerprint density at radius 1 is 1.00 bits per heavy atom. The Balaban J connectivity index is 1.64. The van der Waals surface area contributed by atoms with E-state index in [1.165, 1.54) is 30.2 Å². The Labute approximate surface area is 247 Å². The number of amides is 2. The van der Waals surface area contributed by atoms with E-state index in [1.54, 1.807) is 37.3 Å². The lowest BCUT2D eigenvalue weighted by atomic mass is 10.1. The van der Waals surface area contributed by atoms with Crippen molar-refractivity contribution >= 4 is 39.1 Å². The van der Waals surface area contributed by atoms with Crippen LogP contribution in [0.25, 0.3) is 0 Å². The topological polar surface area (TPSA) is 96.0 Å². The van der Waals surface area contributed by atoms with Crippen molar-refractivity contribution < 1.29 is 22.7 Å². The lowest BCUT2D eigenvalue weighted by molar-refractivity contribution is -0.139. The molecule has 4 rings (SSSR count). The van der Waals surface area contributed by atoms with Gasteiger partial charge in [-0.2, -0.15) is 0 Å². The van der Waals surface area contributed by atoms with Crippen LogP contribution in [0.5, 0.6) is 5.75 Å². The maximum atomic E-state index is 14.0. The number of benzene rings is 3. The van der Waals surface area contributed by atoms with Gasteiger partial charge in [-0.15, -0.1) is 0 Å². The Hall–Kier alpha value is -3.56. The molecule has 1 unspecified atom stereocenters. The van der Waals surface area contributed by atoms with E-state index in [9.17, 15) is 18.0 Å². The van der Waals surface area contributed by atoms with Gasteiger partial charge in [-0.25, -0.2) is 8.42 Å². The van der Waals surface area contributed by atoms with Gasteiger partial charge in [-0.3, -0.25) is 13.9 Å². The van der Waals surface area contributed by atoms with Gasteiger partial charge < -0.3 is 15.0 Å². The van der Waals surface area contributed by atoms with Crippen LogP contribution >= 0.6 is 11.6 Å². The number of nitrogens with zero attached hydrogens (tertiary/aromatic N) is 2. The zero-order valence-electron chi connectivity index (χ0n) is 23.3. The van der Waals surface area contributed by atoms with Gasteiger partial charge in [0.05, 0.1) is 17.7 Å². The Morgan fingerprint density at radius 2 is 1.68 bits per heavy atom. The monoisotopic (exact) mass is 597 g/mol. The van der Waals surface area contributed by atoms with E-state index in [2.05, 4.69) is 5.32 Å². The molecule has 10 heteroatoms. The van der Waals surface area contributed by atoms with Gasteiger partial charge in [-0.1, -0.05) is 60.8 Å². The SMILES string of the molecule is COc1ccc(S(=O)(=O)N(CC(=O)N(CCc2ccccc2)C(C)C(=O)NC2CCCC2)c2cccc(Cl)c2)cc1. The van der Waals surface area contributed by atoms with Crippen LogP contribution in [0.3, 0.4) is 0 Å². The van der Waals surface area contributed by atoms with Crippen LogP contribution in [0.15, 0.2) is 83.8 Å². The van der Waals surface area contributed by atoms with Gasteiger partial charge >= 0.3 is 0 Å². The molecule has 0 saturated heterocycles. The van der Waals surface area contributed by atoms with Crippen molar-refractivity contribution in [1.82, 2.24) is 10.2 Å². The summed E-state index contributed by atoms with van der Waals surface area (Å²) in [7, 11) is -2.69. The van der Waals surface area contributed by atoms with Gasteiger partial charge in [0.15, 0.2) is 0 Å². The lowest BCUT2D eigenvalue weighted by Crippen LogP contribution is -2.53. The fourth-order valence-electron chi connectivity index (χ4n) is 5.00. The number of hydrogen-bond acceptors (Lipinski definition) is 5. The van der Waals surface area contributed by atoms with E-state index in [-0.39, 0.29) is 29.1 Å². The molecule has 0 radical (unpaired) electrons. The highest BCUT2D eigenvalue weighted by molar-refractivity contribution is 7.92. The molecular weight excluding hydrogens is 562 g/mol. The molecular formula is C31H36ClN3O5S. The molecule has 1 aliphatic carbocycles. The molecule has 1 aliphatic rings. The first-order valence-electron chi connectivity index (χ1n) is 13.7. The highest BCUT2D eigenvalue weighted by atomic mass is 35.5. The van der Waals surface area contributed by atoms with Crippen LogP contribution < -0.4 is 14.4 Å². The van der Waals surface area contributed by atoms with Gasteiger partial charge in [-0.05, 0) is 74.2 Å². The number of nitrogens with one attached hydrogen (secondary N) is 1. The molecule has 0 spiro atoms. The molecule has 1 saturated carbocycles. The standard InChI is InChI=1S/C31H36ClN3O5S/c1-23(31(37)33-26-12-6-7-13-26)34(20-19-24-9-4-3-5-10-24)30(36)22-35(27-14-8-11-25(32)21-27)41(38,39)29-17-15-28(40-2)16-18-29/h3-5,8-11,14-18,21,23,26H,6-7,12-13,19-20,22H2,1-2H3,(H,33,37). The molecule has 218 valence electrons. The van der Waals surface area contributed by atoms with Crippen molar-refractivity contribution in [3.63, 3.8) is 0 Å². The average molecular weight is 598 g/mol. The second-order valence-corrected chi connectivity index (χ2v) is 12.5. The molecule has 2 amide bonds. The second-order valence-electron chi connectivity index (χ2n) is 10.2. The summed E-state index contributed by atoms with van der Waals surface area (Å²) in [4.78, 5) is 28.7. The Morgan fingerprint density at radius 3 is 2.32 bits per heavy atom. The quantitative estimate of drug-likeness (QED) is 0.315. The van der Waals surface area contributed by atoms with E-state index >= 15 is 0 Å². The minimum absolute atomic E-state index is 0.00561. The van der Waals surface area contributed by atoms with Gasteiger partial charge in [0.1, 0.15) is 18.3 Å². The Bertz CT molecular complexity index is 1430. The number of carbonyl (C=O) groups is 2. The number of ether oxygens (including phenoxy) is 1. The predicted molar refractivity (Wildman–Crippen MR) is 161 cm³/mol. The van der Waals surface area contributed by atoms with Gasteiger partial charge in [0.2, 0.25) is 11.8 Å². The van der Waals surface area contributed by atoms with E-state index in [0.29, 0.717) is 17.2 Å². The third-order valence-electron chi connectivity index (χ3n) is 7.38. The molecule has 3 aromatic carbocycles. The molecule has 0 aromatic heterocycles. The number of methoxy groups -OCH3 is 1. The van der Waals surface area contributed by atoms with Crippen LogP contribution in [0.4, 0.5) is 5.69 Å². The summed E-state index contributed by atoms with van der Waals surface area (Å²) in [5.41, 5.74) is 1.25. The average Bonchev–Trinajstić information content (AvgIpc) is 3.49. The summed E-state index contributed by atoms with van der Waals surface area (Å²) < 4.78 is 34.0. The zero-order valence-corrected chi connectivity index (χ0v) is 24.9. The maximum Gasteiger partial charge on any atom is 0.264 e. The molecule has 0 bridgehead atoms. The number of halogens is 1. The maximum absolute atomic E-state index is 14.0. The third-order valence-corrected chi connectivity index (χ3v) is 9.40. The zero-order chi connectivity index (χ0) is 29.4. The van der Waals surface area contributed by atoms with Crippen LogP contribution in [-0.4, -0.2) is 57.4 Å². The molecule has 0 aliphatic heterocycles. The summed E-state index contributed by atoms with van der Waals surface area (Å²) >= 11 is 6.23. The van der Waals surface area contributed by atoms with E-state index in [1.807, 2.05) is 30.3 Å². The smallest absolute Gasteiger partial charge is 0.264 e. The summed E-state index contributed by atoms with van der Waals surface area (Å²) in [6, 6.07) is 21.3. The van der Waals surface area contributed by atoms with E-state index in [4.69, 9.17) is 16.3 Å². The summed E-state index contributed by atoms with van der Waals surface area (Å²) in [5, 5.41) is 3.41. The first-order chi connectivity index (χ1) is 19.7. The number of rotatable bonds is 12. The molecule has 1 N–H and O–H groups in total. The van der Waals surface area contributed by atoms with Crippen molar-refractivity contribution in [1.29, 1.82) is 0 Å². The minimum Gasteiger partial charge on any atom is -0.497 e. The normalized spacial score (nSPS) is 14.3. The van der Waals surface area contributed by atoms with Crippen LogP contribution in [0.1, 0.15) is 38.2 Å². The molecule has 41 heavy (non-hydrogen) atoms. The second kappa shape index (κ2) is 13.9. The molecule has 1 fully saturated rings. The lowest BCUT2D eigenvalue weighted by Gasteiger charge is -2.32. The molecule has 3 aromatic rings. The summed E-state index contributed by atoms with van der Waals surface area (Å²) in [5.74, 6) is -0.235. The number of hydrogen-bond donors (Lipinski definition) is 1. The van der Waals surface area contributed by atoms with E-state index in [0.717, 1.165) is 35.6 Å². The number of sulfonamides is 1. The summed E-state index contributed by atoms with van der Waals surface area (Å²) in [6.07, 6.45) is 4.47. The summed E-state index contributed by atoms with van der Waals surface area (Å²) in [6.45, 7) is 1.42. The fourth-order valence-corrected chi connectivity index (χ4v) is 6.59. The van der Waals surface area contributed by atoms with Crippen LogP contribution in [0, 0.1) is 0 Å². The van der Waals surface area contributed by atoms with Crippen molar-refractivity contribution in [3.8, 4) is 5.75 Å². The van der Waals surface area contributed by atoms with Gasteiger partial charge in [0, 0.05) is 17.6 Å². The van der Waals surface area contributed by atoms with Crippen molar-refractivity contribution in [3.05, 3.63) is 89.4 Å². The number of anilines is 1. The van der Waals surface area contributed by atoms with Crippen LogP contribution in [-0.2, 0) is 26.0 Å². The first kappa shape index (κ1) is 30.4. The van der Waals surface area contributed by atoms with Crippen LogP contribution in [0.2, 0.25) is 5.02 Å². The van der Waals surface area contributed by atoms with Crippen molar-refractivity contribution in [2.24, 2.45) is 0 Å². The molecule has 8 nitrogen and oxygen atoms in total. The number of carbonyl (C=O) groups excluding carboxylic acids is 2.